The molecule has 4 nitrogen and oxygen atoms in total. The van der Waals surface area contributed by atoms with Crippen LogP contribution in [0.15, 0.2) is 18.3 Å². The molecule has 1 aromatic rings. The van der Waals surface area contributed by atoms with E-state index in [1.54, 1.807) is 6.20 Å². The van der Waals surface area contributed by atoms with E-state index in [0.29, 0.717) is 5.25 Å². The van der Waals surface area contributed by atoms with Gasteiger partial charge >= 0.3 is 0 Å². The Morgan fingerprint density at radius 3 is 3.00 bits per heavy atom. The summed E-state index contributed by atoms with van der Waals surface area (Å²) in [6, 6.07) is 3.71. The smallest absolute Gasteiger partial charge is 0.254 e. The van der Waals surface area contributed by atoms with Gasteiger partial charge in [0.2, 0.25) is 0 Å². The molecule has 1 aromatic heterocycles. The summed E-state index contributed by atoms with van der Waals surface area (Å²) in [5, 5.41) is 0.580. The van der Waals surface area contributed by atoms with Crippen molar-refractivity contribution in [2.45, 2.75) is 31.4 Å². The normalized spacial score (nSPS) is 19.2. The highest BCUT2D eigenvalue weighted by molar-refractivity contribution is 7.99. The van der Waals surface area contributed by atoms with E-state index in [1.807, 2.05) is 47.8 Å². The molecule has 21 heavy (non-hydrogen) atoms. The number of amides is 1. The van der Waals surface area contributed by atoms with Gasteiger partial charge in [0.25, 0.3) is 5.91 Å². The summed E-state index contributed by atoms with van der Waals surface area (Å²) in [6.45, 7) is 3.93. The van der Waals surface area contributed by atoms with Gasteiger partial charge in [-0.25, -0.2) is 4.98 Å². The van der Waals surface area contributed by atoms with E-state index >= 15 is 0 Å². The highest BCUT2D eigenvalue weighted by Gasteiger charge is 2.23. The van der Waals surface area contributed by atoms with Crippen LogP contribution in [0.4, 0.5) is 5.82 Å². The number of aromatic nitrogens is 1. The van der Waals surface area contributed by atoms with Gasteiger partial charge < -0.3 is 9.80 Å². The molecule has 2 heterocycles. The van der Waals surface area contributed by atoms with E-state index in [4.69, 9.17) is 0 Å². The summed E-state index contributed by atoms with van der Waals surface area (Å²) in [5.74, 6) is 2.09. The van der Waals surface area contributed by atoms with Crippen molar-refractivity contribution >= 4 is 23.5 Å². The maximum atomic E-state index is 12.7. The third-order valence-corrected chi connectivity index (χ3v) is 4.96. The molecule has 0 bridgehead atoms. The van der Waals surface area contributed by atoms with Gasteiger partial charge in [-0.15, -0.1) is 0 Å². The van der Waals surface area contributed by atoms with Crippen molar-refractivity contribution in [2.75, 3.05) is 37.8 Å². The molecule has 0 aromatic carbocycles. The summed E-state index contributed by atoms with van der Waals surface area (Å²) in [6.07, 6.45) is 5.28. The zero-order chi connectivity index (χ0) is 15.2. The molecule has 0 saturated carbocycles. The van der Waals surface area contributed by atoms with Crippen molar-refractivity contribution < 1.29 is 4.79 Å². The number of pyridine rings is 1. The summed E-state index contributed by atoms with van der Waals surface area (Å²) >= 11 is 1.98. The molecule has 0 spiro atoms. The highest BCUT2D eigenvalue weighted by atomic mass is 32.2. The monoisotopic (exact) mass is 307 g/mol. The van der Waals surface area contributed by atoms with E-state index in [-0.39, 0.29) is 5.91 Å². The van der Waals surface area contributed by atoms with Gasteiger partial charge in [0.05, 0.1) is 0 Å². The first-order chi connectivity index (χ1) is 10.1. The average molecular weight is 307 g/mol. The van der Waals surface area contributed by atoms with Gasteiger partial charge in [-0.1, -0.05) is 13.3 Å². The van der Waals surface area contributed by atoms with E-state index in [9.17, 15) is 4.79 Å². The lowest BCUT2D eigenvalue weighted by Crippen LogP contribution is -2.35. The number of carbonyl (C=O) groups excluding carboxylic acids is 1. The third-order valence-electron chi connectivity index (χ3n) is 3.77. The first-order valence-electron chi connectivity index (χ1n) is 7.66. The van der Waals surface area contributed by atoms with Gasteiger partial charge in [0.1, 0.15) is 5.82 Å². The average Bonchev–Trinajstić information content (AvgIpc) is 2.72. The Morgan fingerprint density at radius 1 is 1.48 bits per heavy atom. The van der Waals surface area contributed by atoms with Gasteiger partial charge in [0, 0.05) is 44.2 Å². The van der Waals surface area contributed by atoms with Crippen molar-refractivity contribution in [3.63, 3.8) is 0 Å². The Kier molecular flexibility index (Phi) is 5.91. The standard InChI is InChI=1S/C16H25N3OS/c1-4-21-14-7-5-6-10-19(12-14)16(20)13-8-9-17-15(11-13)18(2)3/h8-9,11,14H,4-7,10,12H2,1-3H3/t14-/m0/s1. The molecule has 0 N–H and O–H groups in total. The Labute approximate surface area is 131 Å². The van der Waals surface area contributed by atoms with Crippen LogP contribution in [0.3, 0.4) is 0 Å². The molecule has 1 aliphatic rings. The lowest BCUT2D eigenvalue weighted by molar-refractivity contribution is 0.0763. The number of thioether (sulfide) groups is 1. The van der Waals surface area contributed by atoms with E-state index in [0.717, 1.165) is 36.6 Å². The quantitative estimate of drug-likeness (QED) is 0.857. The van der Waals surface area contributed by atoms with Crippen LogP contribution >= 0.6 is 11.8 Å². The van der Waals surface area contributed by atoms with Crippen molar-refractivity contribution in [2.24, 2.45) is 0 Å². The Bertz CT molecular complexity index is 478. The van der Waals surface area contributed by atoms with Gasteiger partial charge in [-0.05, 0) is 30.7 Å². The molecular weight excluding hydrogens is 282 g/mol. The second-order valence-electron chi connectivity index (χ2n) is 5.62. The SMILES string of the molecule is CCS[C@H]1CCCCN(C(=O)c2ccnc(N(C)C)c2)C1. The van der Waals surface area contributed by atoms with E-state index < -0.39 is 0 Å². The van der Waals surface area contributed by atoms with Crippen molar-refractivity contribution in [1.82, 2.24) is 9.88 Å². The first kappa shape index (κ1) is 16.1. The number of carbonyl (C=O) groups is 1. The lowest BCUT2D eigenvalue weighted by Gasteiger charge is -2.24. The zero-order valence-electron chi connectivity index (χ0n) is 13.2. The van der Waals surface area contributed by atoms with Crippen molar-refractivity contribution in [1.29, 1.82) is 0 Å². The van der Waals surface area contributed by atoms with Crippen LogP contribution in [0, 0.1) is 0 Å². The van der Waals surface area contributed by atoms with E-state index in [2.05, 4.69) is 11.9 Å². The summed E-state index contributed by atoms with van der Waals surface area (Å²) in [4.78, 5) is 21.0. The molecule has 1 aliphatic heterocycles. The van der Waals surface area contributed by atoms with Gasteiger partial charge in [-0.2, -0.15) is 11.8 Å². The number of hydrogen-bond donors (Lipinski definition) is 0. The number of nitrogens with zero attached hydrogens (tertiary/aromatic N) is 3. The first-order valence-corrected chi connectivity index (χ1v) is 8.71. The predicted octanol–water partition coefficient (Wildman–Crippen LogP) is 2.90. The maximum absolute atomic E-state index is 12.7. The number of anilines is 1. The zero-order valence-corrected chi connectivity index (χ0v) is 14.0. The summed E-state index contributed by atoms with van der Waals surface area (Å²) in [5.41, 5.74) is 0.746. The van der Waals surface area contributed by atoms with E-state index in [1.165, 1.54) is 12.8 Å². The van der Waals surface area contributed by atoms with Crippen molar-refractivity contribution in [3.05, 3.63) is 23.9 Å². The molecule has 2 rings (SSSR count). The summed E-state index contributed by atoms with van der Waals surface area (Å²) in [7, 11) is 3.88. The van der Waals surface area contributed by atoms with Crippen LogP contribution in [0.25, 0.3) is 0 Å². The Balaban J connectivity index is 2.12. The Morgan fingerprint density at radius 2 is 2.29 bits per heavy atom. The molecule has 0 unspecified atom stereocenters. The molecule has 0 radical (unpaired) electrons. The van der Waals surface area contributed by atoms with Crippen LogP contribution in [0.5, 0.6) is 0 Å². The molecule has 1 fully saturated rings. The van der Waals surface area contributed by atoms with Crippen molar-refractivity contribution in [3.8, 4) is 0 Å². The summed E-state index contributed by atoms with van der Waals surface area (Å²) < 4.78 is 0. The van der Waals surface area contributed by atoms with Crippen LogP contribution in [0.1, 0.15) is 36.5 Å². The largest absolute Gasteiger partial charge is 0.363 e. The molecule has 1 saturated heterocycles. The Hall–Kier alpha value is -1.23. The number of likely N-dealkylation sites (tertiary alicyclic amines) is 1. The second kappa shape index (κ2) is 7.69. The van der Waals surface area contributed by atoms with Crippen LogP contribution < -0.4 is 4.90 Å². The third kappa shape index (κ3) is 4.37. The van der Waals surface area contributed by atoms with Gasteiger partial charge in [0.15, 0.2) is 0 Å². The molecule has 1 atom stereocenters. The van der Waals surface area contributed by atoms with Crippen LogP contribution in [-0.4, -0.2) is 54.0 Å². The fourth-order valence-electron chi connectivity index (χ4n) is 2.64. The van der Waals surface area contributed by atoms with Crippen LogP contribution in [-0.2, 0) is 0 Å². The molecule has 5 heteroatoms. The van der Waals surface area contributed by atoms with Crippen LogP contribution in [0.2, 0.25) is 0 Å². The fraction of sp³-hybridized carbons (Fsp3) is 0.625. The number of rotatable bonds is 4. The predicted molar refractivity (Wildman–Crippen MR) is 90.2 cm³/mol. The maximum Gasteiger partial charge on any atom is 0.254 e. The molecule has 1 amide bonds. The molecule has 0 aliphatic carbocycles. The minimum Gasteiger partial charge on any atom is -0.363 e. The second-order valence-corrected chi connectivity index (χ2v) is 7.20. The minimum atomic E-state index is 0.143. The number of hydrogen-bond acceptors (Lipinski definition) is 4. The fourth-order valence-corrected chi connectivity index (χ4v) is 3.73. The molecular formula is C16H25N3OS. The topological polar surface area (TPSA) is 36.4 Å². The lowest BCUT2D eigenvalue weighted by atomic mass is 10.2. The van der Waals surface area contributed by atoms with Gasteiger partial charge in [-0.3, -0.25) is 4.79 Å². The molecule has 116 valence electrons. The highest BCUT2D eigenvalue weighted by Crippen LogP contribution is 2.23. The minimum absolute atomic E-state index is 0.143.